The predicted octanol–water partition coefficient (Wildman–Crippen LogP) is 3.43. The molecule has 0 spiro atoms. The van der Waals surface area contributed by atoms with E-state index in [4.69, 9.17) is 0 Å². The normalized spacial score (nSPS) is 15.6. The molecule has 1 aromatic heterocycles. The minimum Gasteiger partial charge on any atom is -0.368 e. The zero-order chi connectivity index (χ0) is 22.0. The number of hydrogen-bond acceptors (Lipinski definition) is 6. The minimum absolute atomic E-state index is 0.0353. The van der Waals surface area contributed by atoms with E-state index < -0.39 is 10.7 Å². The van der Waals surface area contributed by atoms with Gasteiger partial charge in [0, 0.05) is 61.4 Å². The molecular formula is C22H22FN5O3. The molecule has 31 heavy (non-hydrogen) atoms. The summed E-state index contributed by atoms with van der Waals surface area (Å²) < 4.78 is 13.3. The van der Waals surface area contributed by atoms with Gasteiger partial charge in [-0.1, -0.05) is 6.07 Å². The van der Waals surface area contributed by atoms with Crippen LogP contribution in [0.1, 0.15) is 6.92 Å². The number of amides is 1. The molecule has 0 bridgehead atoms. The van der Waals surface area contributed by atoms with Gasteiger partial charge in [-0.05, 0) is 37.3 Å². The molecule has 0 radical (unpaired) electrons. The molecule has 1 fully saturated rings. The summed E-state index contributed by atoms with van der Waals surface area (Å²) in [5.74, 6) is -0.587. The van der Waals surface area contributed by atoms with Gasteiger partial charge < -0.3 is 10.2 Å². The number of piperazine rings is 1. The summed E-state index contributed by atoms with van der Waals surface area (Å²) in [6.07, 6.45) is 3.15. The van der Waals surface area contributed by atoms with E-state index in [1.54, 1.807) is 30.5 Å². The number of non-ortho nitro benzene ring substituents is 1. The van der Waals surface area contributed by atoms with Gasteiger partial charge in [-0.25, -0.2) is 4.39 Å². The Morgan fingerprint density at radius 1 is 1.16 bits per heavy atom. The van der Waals surface area contributed by atoms with Gasteiger partial charge in [-0.15, -0.1) is 0 Å². The summed E-state index contributed by atoms with van der Waals surface area (Å²) in [4.78, 5) is 31.8. The fourth-order valence-electron chi connectivity index (χ4n) is 3.92. The van der Waals surface area contributed by atoms with E-state index >= 15 is 0 Å². The number of carbonyl (C=O) groups excluding carboxylic acids is 1. The Bertz CT molecular complexity index is 1130. The van der Waals surface area contributed by atoms with Crippen LogP contribution in [-0.4, -0.2) is 52.9 Å². The van der Waals surface area contributed by atoms with E-state index in [0.717, 1.165) is 11.1 Å². The number of aromatic nitrogens is 1. The molecule has 0 aliphatic carbocycles. The summed E-state index contributed by atoms with van der Waals surface area (Å²) in [5.41, 5.74) is 1.38. The van der Waals surface area contributed by atoms with Crippen molar-refractivity contribution in [2.45, 2.75) is 13.0 Å². The molecule has 1 saturated heterocycles. The van der Waals surface area contributed by atoms with Crippen LogP contribution in [-0.2, 0) is 4.79 Å². The lowest BCUT2D eigenvalue weighted by molar-refractivity contribution is -0.383. The standard InChI is InChI=1S/C22H22FN5O3/c1-15(22(29)25-17-4-2-3-16(23)13-17)26-9-11-27(12-10-26)20-5-6-21(28(30)31)19-14-24-8-7-18(19)20/h2-8,13-15H,9-12H2,1H3,(H,25,29)/t15-/m1/s1. The lowest BCUT2D eigenvalue weighted by Crippen LogP contribution is -2.52. The first-order valence-corrected chi connectivity index (χ1v) is 10.0. The number of halogens is 1. The van der Waals surface area contributed by atoms with E-state index in [1.165, 1.54) is 24.4 Å². The van der Waals surface area contributed by atoms with Crippen molar-refractivity contribution >= 4 is 33.7 Å². The first-order valence-electron chi connectivity index (χ1n) is 10.0. The smallest absolute Gasteiger partial charge is 0.278 e. The molecule has 3 aromatic rings. The summed E-state index contributed by atoms with van der Waals surface area (Å²) in [5, 5.41) is 15.4. The second kappa shape index (κ2) is 8.65. The number of anilines is 2. The third kappa shape index (κ3) is 4.31. The third-order valence-electron chi connectivity index (χ3n) is 5.64. The highest BCUT2D eigenvalue weighted by Crippen LogP contribution is 2.33. The summed E-state index contributed by atoms with van der Waals surface area (Å²) in [6.45, 7) is 4.49. The molecule has 9 heteroatoms. The Morgan fingerprint density at radius 2 is 1.94 bits per heavy atom. The molecule has 8 nitrogen and oxygen atoms in total. The second-order valence-electron chi connectivity index (χ2n) is 7.48. The van der Waals surface area contributed by atoms with Crippen molar-refractivity contribution in [1.82, 2.24) is 9.88 Å². The van der Waals surface area contributed by atoms with E-state index in [-0.39, 0.29) is 17.6 Å². The predicted molar refractivity (Wildman–Crippen MR) is 117 cm³/mol. The third-order valence-corrected chi connectivity index (χ3v) is 5.64. The molecule has 1 N–H and O–H groups in total. The minimum atomic E-state index is -0.399. The first kappa shape index (κ1) is 20.7. The number of nitrogens with one attached hydrogen (secondary N) is 1. The van der Waals surface area contributed by atoms with Crippen molar-refractivity contribution in [2.75, 3.05) is 36.4 Å². The van der Waals surface area contributed by atoms with Gasteiger partial charge in [0.1, 0.15) is 5.82 Å². The topological polar surface area (TPSA) is 91.6 Å². The Hall–Kier alpha value is -3.59. The number of hydrogen-bond donors (Lipinski definition) is 1. The highest BCUT2D eigenvalue weighted by atomic mass is 19.1. The van der Waals surface area contributed by atoms with E-state index in [1.807, 2.05) is 6.92 Å². The zero-order valence-corrected chi connectivity index (χ0v) is 17.0. The average Bonchev–Trinajstić information content (AvgIpc) is 2.78. The largest absolute Gasteiger partial charge is 0.368 e. The fourth-order valence-corrected chi connectivity index (χ4v) is 3.92. The zero-order valence-electron chi connectivity index (χ0n) is 17.0. The molecule has 160 valence electrons. The summed E-state index contributed by atoms with van der Waals surface area (Å²) >= 11 is 0. The van der Waals surface area contributed by atoms with Gasteiger partial charge in [0.15, 0.2) is 0 Å². The number of benzene rings is 2. The van der Waals surface area contributed by atoms with Crippen LogP contribution in [0.3, 0.4) is 0 Å². The molecule has 2 aromatic carbocycles. The van der Waals surface area contributed by atoms with Gasteiger partial charge in [0.05, 0.1) is 16.4 Å². The van der Waals surface area contributed by atoms with Crippen molar-refractivity contribution < 1.29 is 14.1 Å². The van der Waals surface area contributed by atoms with Gasteiger partial charge in [-0.3, -0.25) is 24.8 Å². The number of rotatable bonds is 5. The Labute approximate surface area is 178 Å². The van der Waals surface area contributed by atoms with Gasteiger partial charge in [0.25, 0.3) is 5.69 Å². The fraction of sp³-hybridized carbons (Fsp3) is 0.273. The maximum atomic E-state index is 13.3. The van der Waals surface area contributed by atoms with Crippen molar-refractivity contribution in [1.29, 1.82) is 0 Å². The van der Waals surface area contributed by atoms with Crippen LogP contribution in [0.2, 0.25) is 0 Å². The van der Waals surface area contributed by atoms with Gasteiger partial charge in [-0.2, -0.15) is 0 Å². The molecule has 1 aliphatic rings. The SMILES string of the molecule is C[C@H](C(=O)Nc1cccc(F)c1)N1CCN(c2ccc([N+](=O)[O-])c3cnccc23)CC1. The highest BCUT2D eigenvalue weighted by molar-refractivity contribution is 5.99. The number of nitrogens with zero attached hydrogens (tertiary/aromatic N) is 4. The highest BCUT2D eigenvalue weighted by Gasteiger charge is 2.27. The Kier molecular flexibility index (Phi) is 5.77. The van der Waals surface area contributed by atoms with E-state index in [0.29, 0.717) is 37.3 Å². The van der Waals surface area contributed by atoms with Crippen molar-refractivity contribution in [3.63, 3.8) is 0 Å². The monoisotopic (exact) mass is 423 g/mol. The van der Waals surface area contributed by atoms with Crippen LogP contribution in [0.25, 0.3) is 10.8 Å². The Morgan fingerprint density at radius 3 is 2.65 bits per heavy atom. The number of carbonyl (C=O) groups is 1. The van der Waals surface area contributed by atoms with Crippen LogP contribution < -0.4 is 10.2 Å². The van der Waals surface area contributed by atoms with Crippen molar-refractivity contribution in [3.05, 3.63) is 70.8 Å². The molecule has 0 saturated carbocycles. The lowest BCUT2D eigenvalue weighted by atomic mass is 10.1. The number of fused-ring (bicyclic) bond motifs is 1. The first-order chi connectivity index (χ1) is 14.9. The quantitative estimate of drug-likeness (QED) is 0.499. The van der Waals surface area contributed by atoms with Crippen molar-refractivity contribution in [2.24, 2.45) is 0 Å². The number of pyridine rings is 1. The van der Waals surface area contributed by atoms with Crippen molar-refractivity contribution in [3.8, 4) is 0 Å². The second-order valence-corrected chi connectivity index (χ2v) is 7.48. The average molecular weight is 423 g/mol. The van der Waals surface area contributed by atoms with Crippen LogP contribution in [0.5, 0.6) is 0 Å². The number of nitro groups is 1. The summed E-state index contributed by atoms with van der Waals surface area (Å²) in [7, 11) is 0. The maximum Gasteiger partial charge on any atom is 0.278 e. The molecule has 1 aliphatic heterocycles. The van der Waals surface area contributed by atoms with Crippen LogP contribution in [0.15, 0.2) is 54.9 Å². The van der Waals surface area contributed by atoms with Crippen LogP contribution >= 0.6 is 0 Å². The molecular weight excluding hydrogens is 401 g/mol. The molecule has 2 heterocycles. The molecule has 4 rings (SSSR count). The molecule has 1 amide bonds. The van der Waals surface area contributed by atoms with E-state index in [2.05, 4.69) is 20.1 Å². The van der Waals surface area contributed by atoms with Gasteiger partial charge >= 0.3 is 0 Å². The lowest BCUT2D eigenvalue weighted by Gasteiger charge is -2.38. The Balaban J connectivity index is 1.45. The molecule has 1 atom stereocenters. The van der Waals surface area contributed by atoms with Crippen LogP contribution in [0, 0.1) is 15.9 Å². The maximum absolute atomic E-state index is 13.3. The van der Waals surface area contributed by atoms with Crippen LogP contribution in [0.4, 0.5) is 21.5 Å². The summed E-state index contributed by atoms with van der Waals surface area (Å²) in [6, 6.07) is 10.5. The molecule has 0 unspecified atom stereocenters. The number of nitro benzene ring substituents is 1. The van der Waals surface area contributed by atoms with Gasteiger partial charge in [0.2, 0.25) is 5.91 Å². The van der Waals surface area contributed by atoms with E-state index in [9.17, 15) is 19.3 Å².